The van der Waals surface area contributed by atoms with Crippen LogP contribution in [0.15, 0.2) is 24.3 Å². The molecule has 0 N–H and O–H groups in total. The van der Waals surface area contributed by atoms with Gasteiger partial charge < -0.3 is 4.74 Å². The second-order valence-corrected chi connectivity index (χ2v) is 6.93. The molecule has 1 aliphatic rings. The van der Waals surface area contributed by atoms with Crippen LogP contribution in [0.1, 0.15) is 70.8 Å². The Morgan fingerprint density at radius 3 is 2.43 bits per heavy atom. The smallest absolute Gasteiger partial charge is 0.251 e. The Morgan fingerprint density at radius 1 is 1.17 bits per heavy atom. The first-order valence-corrected chi connectivity index (χ1v) is 9.08. The fourth-order valence-corrected chi connectivity index (χ4v) is 3.78. The summed E-state index contributed by atoms with van der Waals surface area (Å²) in [4.78, 5) is 0. The van der Waals surface area contributed by atoms with Gasteiger partial charge in [-0.05, 0) is 55.7 Å². The molecule has 0 spiro atoms. The van der Waals surface area contributed by atoms with E-state index in [9.17, 15) is 8.78 Å². The van der Waals surface area contributed by atoms with Gasteiger partial charge in [0.15, 0.2) is 0 Å². The van der Waals surface area contributed by atoms with Crippen molar-refractivity contribution in [3.8, 4) is 5.75 Å². The Bertz CT molecular complexity index is 469. The number of halogens is 2. The highest BCUT2D eigenvalue weighted by atomic mass is 19.3. The molecule has 1 fully saturated rings. The van der Waals surface area contributed by atoms with Gasteiger partial charge in [0.05, 0.1) is 6.61 Å². The molecule has 3 atom stereocenters. The molecule has 0 saturated heterocycles. The lowest BCUT2D eigenvalue weighted by Gasteiger charge is -2.38. The van der Waals surface area contributed by atoms with Crippen molar-refractivity contribution in [3.05, 3.63) is 29.8 Å². The van der Waals surface area contributed by atoms with E-state index in [2.05, 4.69) is 13.8 Å². The molecular weight excluding hydrogens is 294 g/mol. The number of unbranched alkanes of at least 4 members (excludes halogenated alkanes) is 1. The van der Waals surface area contributed by atoms with E-state index in [1.165, 1.54) is 0 Å². The lowest BCUT2D eigenvalue weighted by Crippen LogP contribution is -2.37. The minimum Gasteiger partial charge on any atom is -0.494 e. The fourth-order valence-electron chi connectivity index (χ4n) is 3.78. The first-order valence-electron chi connectivity index (χ1n) is 9.08. The van der Waals surface area contributed by atoms with Crippen LogP contribution in [0.5, 0.6) is 5.75 Å². The second kappa shape index (κ2) is 8.12. The van der Waals surface area contributed by atoms with Gasteiger partial charge in [-0.25, -0.2) is 8.78 Å². The third-order valence-corrected chi connectivity index (χ3v) is 5.35. The quantitative estimate of drug-likeness (QED) is 0.561. The molecule has 0 amide bonds. The van der Waals surface area contributed by atoms with Gasteiger partial charge in [0.25, 0.3) is 5.92 Å². The Kier molecular flexibility index (Phi) is 6.43. The van der Waals surface area contributed by atoms with Crippen molar-refractivity contribution in [1.29, 1.82) is 0 Å². The summed E-state index contributed by atoms with van der Waals surface area (Å²) in [6, 6.07) is 7.94. The van der Waals surface area contributed by atoms with Crippen molar-refractivity contribution in [2.24, 2.45) is 11.8 Å². The Hall–Kier alpha value is -1.12. The van der Waals surface area contributed by atoms with E-state index in [-0.39, 0.29) is 18.3 Å². The van der Waals surface area contributed by atoms with Crippen LogP contribution in [0.2, 0.25) is 0 Å². The largest absolute Gasteiger partial charge is 0.494 e. The van der Waals surface area contributed by atoms with E-state index >= 15 is 0 Å². The van der Waals surface area contributed by atoms with Crippen molar-refractivity contribution in [3.63, 3.8) is 0 Å². The van der Waals surface area contributed by atoms with E-state index in [1.54, 1.807) is 0 Å². The summed E-state index contributed by atoms with van der Waals surface area (Å²) < 4.78 is 34.4. The maximum absolute atomic E-state index is 14.5. The minimum atomic E-state index is -2.50. The van der Waals surface area contributed by atoms with Gasteiger partial charge in [-0.2, -0.15) is 0 Å². The molecule has 0 radical (unpaired) electrons. The number of hydrogen-bond donors (Lipinski definition) is 0. The van der Waals surface area contributed by atoms with Gasteiger partial charge in [-0.1, -0.05) is 38.8 Å². The number of hydrogen-bond acceptors (Lipinski definition) is 1. The standard InChI is InChI=1S/C20H30F2O/c1-4-6-7-18-11-8-17(14-20(18,21)22)15(3)16-9-12-19(13-10-16)23-5-2/h9-10,12-13,15,17-18H,4-8,11,14H2,1-3H3/t15?,17-,18-/m1/s1. The first-order chi connectivity index (χ1) is 11.0. The molecule has 1 aliphatic carbocycles. The third-order valence-electron chi connectivity index (χ3n) is 5.35. The van der Waals surface area contributed by atoms with Crippen molar-refractivity contribution >= 4 is 0 Å². The van der Waals surface area contributed by atoms with E-state index in [0.29, 0.717) is 19.4 Å². The molecule has 0 aliphatic heterocycles. The minimum absolute atomic E-state index is 0.0375. The lowest BCUT2D eigenvalue weighted by atomic mass is 9.71. The average molecular weight is 324 g/mol. The normalized spacial score (nSPS) is 25.1. The van der Waals surface area contributed by atoms with Gasteiger partial charge in [-0.15, -0.1) is 0 Å². The van der Waals surface area contributed by atoms with E-state index in [1.807, 2.05) is 31.2 Å². The van der Waals surface area contributed by atoms with Crippen LogP contribution in [0.25, 0.3) is 0 Å². The molecule has 1 aromatic carbocycles. The molecule has 2 rings (SSSR count). The molecule has 0 aromatic heterocycles. The highest BCUT2D eigenvalue weighted by molar-refractivity contribution is 5.29. The van der Waals surface area contributed by atoms with Crippen LogP contribution in [-0.2, 0) is 0 Å². The molecule has 0 heterocycles. The highest BCUT2D eigenvalue weighted by Crippen LogP contribution is 2.47. The molecule has 0 bridgehead atoms. The molecule has 1 nitrogen and oxygen atoms in total. The highest BCUT2D eigenvalue weighted by Gasteiger charge is 2.45. The van der Waals surface area contributed by atoms with E-state index in [0.717, 1.165) is 30.6 Å². The van der Waals surface area contributed by atoms with Gasteiger partial charge in [0.1, 0.15) is 5.75 Å². The number of alkyl halides is 2. The van der Waals surface area contributed by atoms with Gasteiger partial charge in [0.2, 0.25) is 0 Å². The zero-order valence-corrected chi connectivity index (χ0v) is 14.7. The maximum atomic E-state index is 14.5. The molecule has 3 heteroatoms. The number of rotatable bonds is 7. The molecule has 1 unspecified atom stereocenters. The van der Waals surface area contributed by atoms with E-state index in [4.69, 9.17) is 4.74 Å². The first kappa shape index (κ1) is 18.2. The summed E-state index contributed by atoms with van der Waals surface area (Å²) in [6.07, 6.45) is 4.21. The summed E-state index contributed by atoms with van der Waals surface area (Å²) in [5.74, 6) is -1.83. The van der Waals surface area contributed by atoms with E-state index < -0.39 is 11.8 Å². The van der Waals surface area contributed by atoms with Crippen LogP contribution in [0, 0.1) is 11.8 Å². The zero-order chi connectivity index (χ0) is 16.9. The fraction of sp³-hybridized carbons (Fsp3) is 0.700. The summed E-state index contributed by atoms with van der Waals surface area (Å²) >= 11 is 0. The van der Waals surface area contributed by atoms with Crippen molar-refractivity contribution in [1.82, 2.24) is 0 Å². The molecule has 23 heavy (non-hydrogen) atoms. The predicted octanol–water partition coefficient (Wildman–Crippen LogP) is 6.43. The lowest BCUT2D eigenvalue weighted by molar-refractivity contribution is -0.108. The Balaban J connectivity index is 1.99. The van der Waals surface area contributed by atoms with Crippen molar-refractivity contribution < 1.29 is 13.5 Å². The maximum Gasteiger partial charge on any atom is 0.251 e. The predicted molar refractivity (Wildman–Crippen MR) is 91.3 cm³/mol. The Morgan fingerprint density at radius 2 is 1.87 bits per heavy atom. The van der Waals surface area contributed by atoms with Crippen molar-refractivity contribution in [2.75, 3.05) is 6.61 Å². The zero-order valence-electron chi connectivity index (χ0n) is 14.7. The summed E-state index contributed by atoms with van der Waals surface area (Å²) in [6.45, 7) is 6.75. The Labute approximate surface area is 139 Å². The SMILES string of the molecule is CCCC[C@@H]1CC[C@@H](C(C)c2ccc(OCC)cc2)CC1(F)F. The van der Waals surface area contributed by atoms with Crippen LogP contribution in [0.4, 0.5) is 8.78 Å². The topological polar surface area (TPSA) is 9.23 Å². The van der Waals surface area contributed by atoms with Crippen LogP contribution >= 0.6 is 0 Å². The average Bonchev–Trinajstić information content (AvgIpc) is 2.53. The molecule has 130 valence electrons. The number of benzene rings is 1. The van der Waals surface area contributed by atoms with Crippen molar-refractivity contribution in [2.45, 2.75) is 71.1 Å². The van der Waals surface area contributed by atoms with Crippen LogP contribution in [-0.4, -0.2) is 12.5 Å². The molecule has 1 saturated carbocycles. The summed E-state index contributed by atoms with van der Waals surface area (Å²) in [5.41, 5.74) is 1.14. The van der Waals surface area contributed by atoms with Gasteiger partial charge in [0, 0.05) is 12.3 Å². The monoisotopic (exact) mass is 324 g/mol. The van der Waals surface area contributed by atoms with Gasteiger partial charge in [-0.3, -0.25) is 0 Å². The summed E-state index contributed by atoms with van der Waals surface area (Å²) in [7, 11) is 0. The molecular formula is C20H30F2O. The molecule has 1 aromatic rings. The van der Waals surface area contributed by atoms with Crippen LogP contribution in [0.3, 0.4) is 0 Å². The van der Waals surface area contributed by atoms with Crippen LogP contribution < -0.4 is 4.74 Å². The number of ether oxygens (including phenoxy) is 1. The van der Waals surface area contributed by atoms with Gasteiger partial charge >= 0.3 is 0 Å². The summed E-state index contributed by atoms with van der Waals surface area (Å²) in [5, 5.41) is 0. The third kappa shape index (κ3) is 4.68. The second-order valence-electron chi connectivity index (χ2n) is 6.93.